The minimum atomic E-state index is -0.385. The number of hydrogen-bond donors (Lipinski definition) is 0. The molecule has 0 saturated carbocycles. The normalized spacial score (nSPS) is 9.71. The van der Waals surface area contributed by atoms with Crippen molar-refractivity contribution in [2.45, 2.75) is 18.7 Å². The van der Waals surface area contributed by atoms with Crippen LogP contribution in [0.4, 0.5) is 0 Å². The molecule has 2 heteroatoms. The maximum atomic E-state index is 5.63. The maximum Gasteiger partial charge on any atom is 0.100 e. The molecule has 0 spiro atoms. The zero-order chi connectivity index (χ0) is 5.91. The van der Waals surface area contributed by atoms with E-state index in [-0.39, 0.29) is 4.87 Å². The van der Waals surface area contributed by atoms with Gasteiger partial charge in [-0.25, -0.2) is 0 Å². The average Bonchev–Trinajstić information content (AvgIpc) is 1.30. The van der Waals surface area contributed by atoms with Gasteiger partial charge < -0.3 is 0 Å². The van der Waals surface area contributed by atoms with E-state index in [0.717, 1.165) is 0 Å². The minimum Gasteiger partial charge on any atom is -0.106 e. The SMILES string of the molecule is CC(C)(Cl)C#CBr. The fraction of sp³-hybridized carbons (Fsp3) is 0.600. The van der Waals surface area contributed by atoms with E-state index in [9.17, 15) is 0 Å². The first-order valence-corrected chi connectivity index (χ1v) is 3.05. The van der Waals surface area contributed by atoms with Gasteiger partial charge in [0.25, 0.3) is 0 Å². The van der Waals surface area contributed by atoms with E-state index in [0.29, 0.717) is 0 Å². The summed E-state index contributed by atoms with van der Waals surface area (Å²) in [4.78, 5) is 2.15. The number of rotatable bonds is 0. The third kappa shape index (κ3) is 6.33. The lowest BCUT2D eigenvalue weighted by Crippen LogP contribution is -2.03. The molecule has 7 heavy (non-hydrogen) atoms. The maximum absolute atomic E-state index is 5.63. The highest BCUT2D eigenvalue weighted by Crippen LogP contribution is 2.09. The second-order valence-corrected chi connectivity index (χ2v) is 3.03. The number of halogens is 2. The van der Waals surface area contributed by atoms with Crippen LogP contribution in [0, 0.1) is 10.8 Å². The lowest BCUT2D eigenvalue weighted by atomic mass is 10.2. The van der Waals surface area contributed by atoms with Gasteiger partial charge in [-0.15, -0.1) is 11.6 Å². The van der Waals surface area contributed by atoms with Crippen LogP contribution >= 0.6 is 27.5 Å². The van der Waals surface area contributed by atoms with Crippen molar-refractivity contribution in [1.82, 2.24) is 0 Å². The Hall–Kier alpha value is 0.330. The van der Waals surface area contributed by atoms with Crippen LogP contribution in [0.2, 0.25) is 0 Å². The summed E-state index contributed by atoms with van der Waals surface area (Å²) in [5.41, 5.74) is 0. The van der Waals surface area contributed by atoms with Gasteiger partial charge in [0.05, 0.1) is 0 Å². The standard InChI is InChI=1S/C5H6BrCl/c1-5(2,7)3-4-6/h1-2H3. The molecule has 0 aliphatic heterocycles. The van der Waals surface area contributed by atoms with Crippen molar-refractivity contribution in [3.8, 4) is 10.8 Å². The van der Waals surface area contributed by atoms with Crippen LogP contribution < -0.4 is 0 Å². The molecular formula is C5H6BrCl. The molecule has 0 radical (unpaired) electrons. The fourth-order valence-corrected chi connectivity index (χ4v) is 0.769. The average molecular weight is 181 g/mol. The van der Waals surface area contributed by atoms with E-state index >= 15 is 0 Å². The smallest absolute Gasteiger partial charge is 0.100 e. The van der Waals surface area contributed by atoms with Crippen LogP contribution in [0.25, 0.3) is 0 Å². The van der Waals surface area contributed by atoms with Crippen molar-refractivity contribution >= 4 is 27.5 Å². The quantitative estimate of drug-likeness (QED) is 0.398. The molecule has 0 atom stereocenters. The molecule has 0 saturated heterocycles. The van der Waals surface area contributed by atoms with Crippen LogP contribution in [0.3, 0.4) is 0 Å². The number of hydrogen-bond acceptors (Lipinski definition) is 0. The first-order chi connectivity index (χ1) is 3.06. The van der Waals surface area contributed by atoms with Gasteiger partial charge in [0.15, 0.2) is 0 Å². The van der Waals surface area contributed by atoms with Crippen LogP contribution in [-0.2, 0) is 0 Å². The monoisotopic (exact) mass is 180 g/mol. The molecule has 0 aromatic heterocycles. The second-order valence-electron chi connectivity index (χ2n) is 1.69. The van der Waals surface area contributed by atoms with E-state index in [4.69, 9.17) is 11.6 Å². The Bertz CT molecular complexity index is 101. The molecule has 40 valence electrons. The van der Waals surface area contributed by atoms with Gasteiger partial charge in [0.2, 0.25) is 0 Å². The molecule has 0 nitrogen and oxygen atoms in total. The first-order valence-electron chi connectivity index (χ1n) is 1.88. The summed E-state index contributed by atoms with van der Waals surface area (Å²) in [6, 6.07) is 0. The molecule has 0 fully saturated rings. The van der Waals surface area contributed by atoms with E-state index < -0.39 is 0 Å². The Kier molecular flexibility index (Phi) is 2.71. The van der Waals surface area contributed by atoms with Gasteiger partial charge in [-0.1, -0.05) is 5.92 Å². The van der Waals surface area contributed by atoms with Gasteiger partial charge in [-0.2, -0.15) is 0 Å². The van der Waals surface area contributed by atoms with E-state index in [1.165, 1.54) is 0 Å². The molecule has 0 unspecified atom stereocenters. The lowest BCUT2D eigenvalue weighted by molar-refractivity contribution is 0.918. The Balaban J connectivity index is 3.72. The molecule has 0 rings (SSSR count). The van der Waals surface area contributed by atoms with Crippen molar-refractivity contribution in [2.24, 2.45) is 0 Å². The molecular weight excluding hydrogens is 175 g/mol. The summed E-state index contributed by atoms with van der Waals surface area (Å²) < 4.78 is 0. The Morgan fingerprint density at radius 3 is 2.00 bits per heavy atom. The second kappa shape index (κ2) is 2.59. The third-order valence-corrected chi connectivity index (χ3v) is 0.637. The molecule has 0 aromatic carbocycles. The van der Waals surface area contributed by atoms with Gasteiger partial charge in [0, 0.05) is 15.9 Å². The first kappa shape index (κ1) is 7.33. The Labute approximate surface area is 57.4 Å². The molecule has 0 N–H and O–H groups in total. The molecule has 0 heterocycles. The van der Waals surface area contributed by atoms with Crippen molar-refractivity contribution in [3.05, 3.63) is 0 Å². The molecule has 0 aliphatic rings. The Morgan fingerprint density at radius 1 is 1.57 bits per heavy atom. The van der Waals surface area contributed by atoms with Crippen LogP contribution in [0.5, 0.6) is 0 Å². The van der Waals surface area contributed by atoms with Gasteiger partial charge in [0.1, 0.15) is 4.87 Å². The third-order valence-electron chi connectivity index (χ3n) is 0.344. The molecule has 0 aromatic rings. The van der Waals surface area contributed by atoms with Crippen molar-refractivity contribution in [3.63, 3.8) is 0 Å². The van der Waals surface area contributed by atoms with Crippen molar-refractivity contribution < 1.29 is 0 Å². The molecule has 0 bridgehead atoms. The largest absolute Gasteiger partial charge is 0.106 e. The topological polar surface area (TPSA) is 0 Å². The summed E-state index contributed by atoms with van der Waals surface area (Å²) in [5.74, 6) is 2.72. The van der Waals surface area contributed by atoms with E-state index in [2.05, 4.69) is 26.7 Å². The summed E-state index contributed by atoms with van der Waals surface area (Å²) in [6.07, 6.45) is 0. The van der Waals surface area contributed by atoms with Gasteiger partial charge in [-0.3, -0.25) is 0 Å². The van der Waals surface area contributed by atoms with Gasteiger partial charge in [-0.05, 0) is 18.7 Å². The summed E-state index contributed by atoms with van der Waals surface area (Å²) in [7, 11) is 0. The lowest BCUT2D eigenvalue weighted by Gasteiger charge is -2.01. The van der Waals surface area contributed by atoms with Crippen LogP contribution in [-0.4, -0.2) is 4.87 Å². The highest BCUT2D eigenvalue weighted by atomic mass is 79.9. The van der Waals surface area contributed by atoms with Crippen molar-refractivity contribution in [2.75, 3.05) is 0 Å². The predicted molar refractivity (Wildman–Crippen MR) is 36.6 cm³/mol. The highest BCUT2D eigenvalue weighted by molar-refractivity contribution is 9.12. The zero-order valence-electron chi connectivity index (χ0n) is 4.26. The zero-order valence-corrected chi connectivity index (χ0v) is 6.60. The van der Waals surface area contributed by atoms with Crippen LogP contribution in [0.15, 0.2) is 0 Å². The minimum absolute atomic E-state index is 0.385. The van der Waals surface area contributed by atoms with E-state index in [1.54, 1.807) is 0 Å². The molecule has 0 amide bonds. The summed E-state index contributed by atoms with van der Waals surface area (Å²) >= 11 is 8.57. The number of alkyl halides is 1. The Morgan fingerprint density at radius 2 is 2.00 bits per heavy atom. The molecule has 0 aliphatic carbocycles. The highest BCUT2D eigenvalue weighted by Gasteiger charge is 2.05. The van der Waals surface area contributed by atoms with E-state index in [1.807, 2.05) is 13.8 Å². The summed E-state index contributed by atoms with van der Waals surface area (Å²) in [6.45, 7) is 3.67. The fourth-order valence-electron chi connectivity index (χ4n) is 0.112. The predicted octanol–water partition coefficient (Wildman–Crippen LogP) is 2.36. The van der Waals surface area contributed by atoms with Crippen molar-refractivity contribution in [1.29, 1.82) is 0 Å². The summed E-state index contributed by atoms with van der Waals surface area (Å²) in [5, 5.41) is 0. The van der Waals surface area contributed by atoms with Gasteiger partial charge >= 0.3 is 0 Å². The van der Waals surface area contributed by atoms with Crippen LogP contribution in [0.1, 0.15) is 13.8 Å².